The summed E-state index contributed by atoms with van der Waals surface area (Å²) in [6, 6.07) is 15.8. The van der Waals surface area contributed by atoms with Gasteiger partial charge in [0.05, 0.1) is 6.54 Å². The van der Waals surface area contributed by atoms with Crippen molar-refractivity contribution in [2.24, 2.45) is 7.05 Å². The minimum absolute atomic E-state index is 0.219. The zero-order chi connectivity index (χ0) is 21.0. The third kappa shape index (κ3) is 2.90. The summed E-state index contributed by atoms with van der Waals surface area (Å²) in [4.78, 5) is 33.1. The molecule has 152 valence electrons. The number of nitrogens with zero attached hydrogens (tertiary/aromatic N) is 5. The first kappa shape index (κ1) is 18.9. The largest absolute Gasteiger partial charge is 0.332 e. The van der Waals surface area contributed by atoms with Crippen LogP contribution in [0.4, 0.5) is 11.6 Å². The number of hydrogen-bond donors (Lipinski definition) is 0. The molecule has 1 aliphatic heterocycles. The molecular weight excluding hydrogens is 446 g/mol. The molecule has 0 radical (unpaired) electrons. The van der Waals surface area contributed by atoms with Crippen molar-refractivity contribution in [3.63, 3.8) is 0 Å². The molecule has 0 spiro atoms. The summed E-state index contributed by atoms with van der Waals surface area (Å²) in [5.74, 6) is 0.697. The first-order valence-corrected chi connectivity index (χ1v) is 10.5. The molecule has 0 fully saturated rings. The lowest BCUT2D eigenvalue weighted by Crippen LogP contribution is -2.40. The fraction of sp³-hybridized carbons (Fsp3) is 0.227. The Labute approximate surface area is 180 Å². The normalized spacial score (nSPS) is 13.2. The molecule has 0 saturated carbocycles. The van der Waals surface area contributed by atoms with Crippen LogP contribution >= 0.6 is 15.9 Å². The van der Waals surface area contributed by atoms with Crippen LogP contribution in [0, 0.1) is 6.92 Å². The highest BCUT2D eigenvalue weighted by Gasteiger charge is 2.28. The van der Waals surface area contributed by atoms with Crippen molar-refractivity contribution in [1.82, 2.24) is 18.7 Å². The smallest absolute Gasteiger partial charge is 0.310 e. The molecule has 3 heterocycles. The maximum atomic E-state index is 13.3. The van der Waals surface area contributed by atoms with Gasteiger partial charge in [-0.25, -0.2) is 4.79 Å². The molecular formula is C22H20BrN5O2. The number of benzene rings is 2. The molecule has 0 saturated heterocycles. The molecule has 0 bridgehead atoms. The van der Waals surface area contributed by atoms with Gasteiger partial charge in [-0.1, -0.05) is 45.8 Å². The summed E-state index contributed by atoms with van der Waals surface area (Å²) in [6.45, 7) is 3.64. The number of fused-ring (bicyclic) bond motifs is 3. The van der Waals surface area contributed by atoms with Crippen LogP contribution in [0.25, 0.3) is 11.2 Å². The van der Waals surface area contributed by atoms with Gasteiger partial charge >= 0.3 is 5.69 Å². The molecule has 5 rings (SSSR count). The maximum Gasteiger partial charge on any atom is 0.332 e. The van der Waals surface area contributed by atoms with Crippen molar-refractivity contribution in [3.8, 4) is 0 Å². The summed E-state index contributed by atoms with van der Waals surface area (Å²) in [5, 5.41) is 0. The Bertz CT molecular complexity index is 1380. The molecule has 0 amide bonds. The zero-order valence-corrected chi connectivity index (χ0v) is 18.3. The first-order valence-electron chi connectivity index (χ1n) is 9.73. The SMILES string of the molecule is Cc1ccc(N2CCn3c2nc2c3c(=O)n(Cc3ccc(Br)cc3)c(=O)n2C)cc1. The minimum Gasteiger partial charge on any atom is -0.310 e. The number of halogens is 1. The van der Waals surface area contributed by atoms with Gasteiger partial charge < -0.3 is 9.47 Å². The van der Waals surface area contributed by atoms with E-state index in [2.05, 4.69) is 50.1 Å². The second-order valence-corrected chi connectivity index (χ2v) is 8.50. The van der Waals surface area contributed by atoms with Crippen molar-refractivity contribution >= 4 is 38.7 Å². The van der Waals surface area contributed by atoms with Gasteiger partial charge in [0.1, 0.15) is 0 Å². The predicted molar refractivity (Wildman–Crippen MR) is 121 cm³/mol. The Morgan fingerprint density at radius 3 is 2.40 bits per heavy atom. The molecule has 2 aromatic carbocycles. The van der Waals surface area contributed by atoms with Crippen molar-refractivity contribution in [2.75, 3.05) is 11.4 Å². The lowest BCUT2D eigenvalue weighted by Gasteiger charge is -2.16. The third-order valence-corrected chi connectivity index (χ3v) is 6.13. The van der Waals surface area contributed by atoms with E-state index in [0.717, 1.165) is 22.3 Å². The van der Waals surface area contributed by atoms with Gasteiger partial charge in [-0.3, -0.25) is 13.9 Å². The van der Waals surface area contributed by atoms with E-state index < -0.39 is 0 Å². The van der Waals surface area contributed by atoms with Gasteiger partial charge in [-0.15, -0.1) is 0 Å². The molecule has 8 heteroatoms. The molecule has 0 N–H and O–H groups in total. The lowest BCUT2D eigenvalue weighted by molar-refractivity contribution is 0.652. The van der Waals surface area contributed by atoms with E-state index in [-0.39, 0.29) is 17.8 Å². The van der Waals surface area contributed by atoms with E-state index >= 15 is 0 Å². The summed E-state index contributed by atoms with van der Waals surface area (Å²) in [5.41, 5.74) is 3.32. The van der Waals surface area contributed by atoms with Crippen LogP contribution in [0.5, 0.6) is 0 Å². The third-order valence-electron chi connectivity index (χ3n) is 5.60. The van der Waals surface area contributed by atoms with E-state index in [0.29, 0.717) is 23.7 Å². The highest BCUT2D eigenvalue weighted by atomic mass is 79.9. The van der Waals surface area contributed by atoms with Crippen LogP contribution in [0.2, 0.25) is 0 Å². The quantitative estimate of drug-likeness (QED) is 0.466. The molecule has 4 aromatic rings. The Morgan fingerprint density at radius 1 is 1.00 bits per heavy atom. The second kappa shape index (κ2) is 6.98. The van der Waals surface area contributed by atoms with Crippen LogP contribution < -0.4 is 16.1 Å². The van der Waals surface area contributed by atoms with Crippen molar-refractivity contribution < 1.29 is 0 Å². The molecule has 1 aliphatic rings. The topological polar surface area (TPSA) is 65.1 Å². The standard InChI is InChI=1S/C22H20BrN5O2/c1-14-3-9-17(10-4-14)26-11-12-27-18-19(24-21(26)27)25(2)22(30)28(20(18)29)13-15-5-7-16(23)8-6-15/h3-10H,11-13H2,1-2H3. The van der Waals surface area contributed by atoms with E-state index in [1.807, 2.05) is 35.8 Å². The van der Waals surface area contributed by atoms with Crippen molar-refractivity contribution in [3.05, 3.63) is 85.0 Å². The number of aryl methyl sites for hydroxylation is 2. The van der Waals surface area contributed by atoms with E-state index in [1.165, 1.54) is 14.7 Å². The van der Waals surface area contributed by atoms with Crippen LogP contribution in [-0.4, -0.2) is 25.2 Å². The van der Waals surface area contributed by atoms with Gasteiger partial charge in [0.15, 0.2) is 11.2 Å². The summed E-state index contributed by atoms with van der Waals surface area (Å²) >= 11 is 3.41. The van der Waals surface area contributed by atoms with E-state index in [1.54, 1.807) is 7.05 Å². The van der Waals surface area contributed by atoms with Gasteiger partial charge in [0, 0.05) is 30.3 Å². The number of anilines is 2. The lowest BCUT2D eigenvalue weighted by atomic mass is 10.2. The predicted octanol–water partition coefficient (Wildman–Crippen LogP) is 3.17. The molecule has 7 nitrogen and oxygen atoms in total. The number of rotatable bonds is 3. The van der Waals surface area contributed by atoms with Gasteiger partial charge in [0.25, 0.3) is 5.56 Å². The van der Waals surface area contributed by atoms with Gasteiger partial charge in [-0.2, -0.15) is 4.98 Å². The Balaban J connectivity index is 1.66. The molecule has 2 aromatic heterocycles. The van der Waals surface area contributed by atoms with Crippen molar-refractivity contribution in [2.45, 2.75) is 20.0 Å². The van der Waals surface area contributed by atoms with Crippen LogP contribution in [0.1, 0.15) is 11.1 Å². The average Bonchev–Trinajstić information content (AvgIpc) is 3.31. The highest BCUT2D eigenvalue weighted by molar-refractivity contribution is 9.10. The van der Waals surface area contributed by atoms with Crippen LogP contribution in [0.15, 0.2) is 62.6 Å². The van der Waals surface area contributed by atoms with E-state index in [4.69, 9.17) is 0 Å². The fourth-order valence-electron chi connectivity index (χ4n) is 3.96. The molecule has 0 aliphatic carbocycles. The van der Waals surface area contributed by atoms with Crippen molar-refractivity contribution in [1.29, 1.82) is 0 Å². The number of hydrogen-bond acceptors (Lipinski definition) is 4. The number of aromatic nitrogens is 4. The van der Waals surface area contributed by atoms with Gasteiger partial charge in [0.2, 0.25) is 5.95 Å². The number of imidazole rings is 1. The van der Waals surface area contributed by atoms with Gasteiger partial charge in [-0.05, 0) is 36.8 Å². The summed E-state index contributed by atoms with van der Waals surface area (Å²) < 4.78 is 5.63. The van der Waals surface area contributed by atoms with Crippen LogP contribution in [-0.2, 0) is 20.1 Å². The Morgan fingerprint density at radius 2 is 1.70 bits per heavy atom. The molecule has 30 heavy (non-hydrogen) atoms. The Hall–Kier alpha value is -3.13. The second-order valence-electron chi connectivity index (χ2n) is 7.58. The molecule has 0 atom stereocenters. The average molecular weight is 466 g/mol. The van der Waals surface area contributed by atoms with E-state index in [9.17, 15) is 9.59 Å². The fourth-order valence-corrected chi connectivity index (χ4v) is 4.22. The maximum absolute atomic E-state index is 13.3. The summed E-state index contributed by atoms with van der Waals surface area (Å²) in [7, 11) is 1.67. The Kier molecular flexibility index (Phi) is 4.39. The van der Waals surface area contributed by atoms with Crippen LogP contribution in [0.3, 0.4) is 0 Å². The monoisotopic (exact) mass is 465 g/mol. The first-order chi connectivity index (χ1) is 14.4. The summed E-state index contributed by atoms with van der Waals surface area (Å²) in [6.07, 6.45) is 0. The zero-order valence-electron chi connectivity index (χ0n) is 16.7. The molecule has 0 unspecified atom stereocenters. The minimum atomic E-state index is -0.367. The highest BCUT2D eigenvalue weighted by Crippen LogP contribution is 2.31.